The van der Waals surface area contributed by atoms with Crippen LogP contribution in [0.25, 0.3) is 16.7 Å². The van der Waals surface area contributed by atoms with Crippen LogP contribution >= 0.6 is 0 Å². The summed E-state index contributed by atoms with van der Waals surface area (Å²) in [5.74, 6) is 2.81. The summed E-state index contributed by atoms with van der Waals surface area (Å²) < 4.78 is 10.9. The van der Waals surface area contributed by atoms with Crippen LogP contribution in [0.3, 0.4) is 0 Å². The number of aryl methyl sites for hydroxylation is 1. The SMILES string of the molecule is COc1cc2nc([C@@H]3[C@@H](C)CCN3c3ccc(-n4nccn4)cc3C)[nH]c2cc1OC. The predicted molar refractivity (Wildman–Crippen MR) is 119 cm³/mol. The van der Waals surface area contributed by atoms with Gasteiger partial charge >= 0.3 is 0 Å². The Labute approximate surface area is 180 Å². The third-order valence-corrected chi connectivity index (χ3v) is 6.13. The van der Waals surface area contributed by atoms with Crippen molar-refractivity contribution in [2.24, 2.45) is 5.92 Å². The Bertz CT molecular complexity index is 1180. The molecule has 0 spiro atoms. The molecule has 4 aromatic rings. The third kappa shape index (κ3) is 3.28. The monoisotopic (exact) mass is 418 g/mol. The Balaban J connectivity index is 1.53. The Morgan fingerprint density at radius 2 is 1.77 bits per heavy atom. The van der Waals surface area contributed by atoms with E-state index in [1.807, 2.05) is 12.1 Å². The maximum atomic E-state index is 5.45. The van der Waals surface area contributed by atoms with Gasteiger partial charge in [0.15, 0.2) is 11.5 Å². The largest absolute Gasteiger partial charge is 0.493 e. The van der Waals surface area contributed by atoms with Gasteiger partial charge in [-0.3, -0.25) is 0 Å². The van der Waals surface area contributed by atoms with E-state index in [-0.39, 0.29) is 6.04 Å². The van der Waals surface area contributed by atoms with Crippen LogP contribution < -0.4 is 14.4 Å². The minimum atomic E-state index is 0.164. The van der Waals surface area contributed by atoms with E-state index in [0.29, 0.717) is 17.4 Å². The molecule has 2 aromatic carbocycles. The van der Waals surface area contributed by atoms with E-state index in [2.05, 4.69) is 52.1 Å². The first-order valence-electron chi connectivity index (χ1n) is 10.4. The predicted octanol–water partition coefficient (Wildman–Crippen LogP) is 4.06. The number of imidazole rings is 1. The minimum absolute atomic E-state index is 0.164. The first-order chi connectivity index (χ1) is 15.1. The van der Waals surface area contributed by atoms with Crippen molar-refractivity contribution in [3.05, 3.63) is 54.1 Å². The summed E-state index contributed by atoms with van der Waals surface area (Å²) in [6.45, 7) is 5.41. The molecular weight excluding hydrogens is 392 g/mol. The zero-order valence-electron chi connectivity index (χ0n) is 18.2. The fraction of sp³-hybridized carbons (Fsp3) is 0.348. The number of nitrogens with zero attached hydrogens (tertiary/aromatic N) is 5. The van der Waals surface area contributed by atoms with Crippen LogP contribution in [0.1, 0.15) is 30.8 Å². The molecule has 3 heterocycles. The molecule has 0 saturated carbocycles. The number of methoxy groups -OCH3 is 2. The molecule has 0 unspecified atom stereocenters. The van der Waals surface area contributed by atoms with Crippen molar-refractivity contribution in [3.8, 4) is 17.2 Å². The van der Waals surface area contributed by atoms with Gasteiger partial charge in [0.05, 0.1) is 49.4 Å². The molecule has 31 heavy (non-hydrogen) atoms. The lowest BCUT2D eigenvalue weighted by Gasteiger charge is -2.29. The summed E-state index contributed by atoms with van der Waals surface area (Å²) >= 11 is 0. The number of rotatable bonds is 5. The van der Waals surface area contributed by atoms with Crippen molar-refractivity contribution < 1.29 is 9.47 Å². The van der Waals surface area contributed by atoms with Gasteiger partial charge < -0.3 is 19.4 Å². The summed E-state index contributed by atoms with van der Waals surface area (Å²) in [6.07, 6.45) is 4.48. The summed E-state index contributed by atoms with van der Waals surface area (Å²) in [5, 5.41) is 8.48. The second kappa shape index (κ2) is 7.61. The van der Waals surface area contributed by atoms with Gasteiger partial charge in [0, 0.05) is 24.4 Å². The van der Waals surface area contributed by atoms with Gasteiger partial charge in [-0.1, -0.05) is 6.92 Å². The van der Waals surface area contributed by atoms with E-state index >= 15 is 0 Å². The van der Waals surface area contributed by atoms with Crippen LogP contribution in [0.4, 0.5) is 5.69 Å². The fourth-order valence-corrected chi connectivity index (χ4v) is 4.57. The molecule has 0 radical (unpaired) electrons. The van der Waals surface area contributed by atoms with Crippen LogP contribution in [-0.2, 0) is 0 Å². The molecular formula is C23H26N6O2. The Kier molecular flexibility index (Phi) is 4.77. The second-order valence-corrected chi connectivity index (χ2v) is 8.04. The number of benzene rings is 2. The van der Waals surface area contributed by atoms with Crippen molar-refractivity contribution in [1.29, 1.82) is 0 Å². The number of hydrogen-bond donors (Lipinski definition) is 1. The number of fused-ring (bicyclic) bond motifs is 1. The molecule has 1 fully saturated rings. The summed E-state index contributed by atoms with van der Waals surface area (Å²) in [6, 6.07) is 10.4. The maximum absolute atomic E-state index is 5.45. The molecule has 0 amide bonds. The number of hydrogen-bond acceptors (Lipinski definition) is 6. The quantitative estimate of drug-likeness (QED) is 0.526. The molecule has 2 atom stereocenters. The lowest BCUT2D eigenvalue weighted by molar-refractivity contribution is 0.356. The molecule has 1 aliphatic rings. The molecule has 1 saturated heterocycles. The summed E-state index contributed by atoms with van der Waals surface area (Å²) in [5.41, 5.74) is 5.18. The first-order valence-corrected chi connectivity index (χ1v) is 10.4. The second-order valence-electron chi connectivity index (χ2n) is 8.04. The summed E-state index contributed by atoms with van der Waals surface area (Å²) in [7, 11) is 3.29. The van der Waals surface area contributed by atoms with Gasteiger partial charge in [0.2, 0.25) is 0 Å². The zero-order valence-corrected chi connectivity index (χ0v) is 18.2. The van der Waals surface area contributed by atoms with E-state index in [1.54, 1.807) is 31.4 Å². The molecule has 8 heteroatoms. The normalized spacial score (nSPS) is 18.6. The van der Waals surface area contributed by atoms with E-state index in [1.165, 1.54) is 11.3 Å². The Morgan fingerprint density at radius 1 is 1.03 bits per heavy atom. The minimum Gasteiger partial charge on any atom is -0.493 e. The van der Waals surface area contributed by atoms with Gasteiger partial charge in [-0.15, -0.1) is 0 Å². The van der Waals surface area contributed by atoms with Crippen molar-refractivity contribution in [2.45, 2.75) is 26.3 Å². The molecule has 0 bridgehead atoms. The maximum Gasteiger partial charge on any atom is 0.163 e. The summed E-state index contributed by atoms with van der Waals surface area (Å²) in [4.78, 5) is 12.6. The van der Waals surface area contributed by atoms with Gasteiger partial charge in [0.25, 0.3) is 0 Å². The standard InChI is InChI=1S/C23H26N6O2/c1-14-7-10-28(19-6-5-16(11-15(19)2)29-24-8-9-25-29)22(14)23-26-17-12-20(30-3)21(31-4)13-18(17)27-23/h5-6,8-9,11-14,22H,7,10H2,1-4H3,(H,26,27)/t14-,22-/m0/s1. The molecule has 160 valence electrons. The molecule has 5 rings (SSSR count). The average Bonchev–Trinajstić information content (AvgIpc) is 3.51. The highest BCUT2D eigenvalue weighted by molar-refractivity contribution is 5.80. The number of ether oxygens (including phenoxy) is 2. The van der Waals surface area contributed by atoms with Crippen LogP contribution in [0.15, 0.2) is 42.7 Å². The van der Waals surface area contributed by atoms with E-state index < -0.39 is 0 Å². The molecule has 0 aliphatic carbocycles. The third-order valence-electron chi connectivity index (χ3n) is 6.13. The van der Waals surface area contributed by atoms with Crippen molar-refractivity contribution in [1.82, 2.24) is 25.0 Å². The lowest BCUT2D eigenvalue weighted by atomic mass is 10.0. The van der Waals surface area contributed by atoms with Crippen molar-refractivity contribution >= 4 is 16.7 Å². The Hall–Kier alpha value is -3.55. The fourth-order valence-electron chi connectivity index (χ4n) is 4.57. The van der Waals surface area contributed by atoms with Gasteiger partial charge in [-0.05, 0) is 43.0 Å². The number of H-pyrrole nitrogens is 1. The van der Waals surface area contributed by atoms with Gasteiger partial charge in [-0.25, -0.2) is 4.98 Å². The number of anilines is 1. The number of aromatic amines is 1. The van der Waals surface area contributed by atoms with Gasteiger partial charge in [-0.2, -0.15) is 15.0 Å². The van der Waals surface area contributed by atoms with Crippen LogP contribution in [0, 0.1) is 12.8 Å². The van der Waals surface area contributed by atoms with Crippen molar-refractivity contribution in [3.63, 3.8) is 0 Å². The average molecular weight is 419 g/mol. The van der Waals surface area contributed by atoms with Gasteiger partial charge in [0.1, 0.15) is 5.82 Å². The highest BCUT2D eigenvalue weighted by atomic mass is 16.5. The number of nitrogens with one attached hydrogen (secondary N) is 1. The van der Waals surface area contributed by atoms with Crippen molar-refractivity contribution in [2.75, 3.05) is 25.7 Å². The highest BCUT2D eigenvalue weighted by Crippen LogP contribution is 2.42. The molecule has 1 aliphatic heterocycles. The van der Waals surface area contributed by atoms with E-state index in [9.17, 15) is 0 Å². The topological polar surface area (TPSA) is 81.1 Å². The molecule has 2 aromatic heterocycles. The molecule has 1 N–H and O–H groups in total. The Morgan fingerprint density at radius 3 is 2.48 bits per heavy atom. The van der Waals surface area contributed by atoms with E-state index in [4.69, 9.17) is 14.5 Å². The van der Waals surface area contributed by atoms with Crippen LogP contribution in [0.5, 0.6) is 11.5 Å². The van der Waals surface area contributed by atoms with Crippen LogP contribution in [-0.4, -0.2) is 45.7 Å². The van der Waals surface area contributed by atoms with E-state index in [0.717, 1.165) is 35.5 Å². The van der Waals surface area contributed by atoms with Crippen LogP contribution in [0.2, 0.25) is 0 Å². The lowest BCUT2D eigenvalue weighted by Crippen LogP contribution is -2.26. The smallest absolute Gasteiger partial charge is 0.163 e. The highest BCUT2D eigenvalue weighted by Gasteiger charge is 2.35. The first kappa shape index (κ1) is 19.4. The molecule has 8 nitrogen and oxygen atoms in total. The zero-order chi connectivity index (χ0) is 21.5. The number of aromatic nitrogens is 5.